The number of alkyl halides is 1. The lowest BCUT2D eigenvalue weighted by Gasteiger charge is -2.21. The maximum absolute atomic E-state index is 3.57. The van der Waals surface area contributed by atoms with Crippen LogP contribution in [0.25, 0.3) is 0 Å². The van der Waals surface area contributed by atoms with Crippen LogP contribution in [-0.2, 0) is 6.54 Å². The zero-order valence-corrected chi connectivity index (χ0v) is 12.1. The Morgan fingerprint density at radius 1 is 1.38 bits per heavy atom. The average molecular weight is 284 g/mol. The monoisotopic (exact) mass is 283 g/mol. The largest absolute Gasteiger partial charge is 0.302 e. The van der Waals surface area contributed by atoms with Crippen molar-refractivity contribution in [1.29, 1.82) is 0 Å². The van der Waals surface area contributed by atoms with Crippen LogP contribution in [0.5, 0.6) is 0 Å². The molecule has 0 bridgehead atoms. The molecule has 1 unspecified atom stereocenters. The van der Waals surface area contributed by atoms with E-state index >= 15 is 0 Å². The van der Waals surface area contributed by atoms with Crippen LogP contribution in [0.1, 0.15) is 24.5 Å². The Labute approximate surface area is 108 Å². The molecule has 0 saturated carbocycles. The molecule has 0 amide bonds. The van der Waals surface area contributed by atoms with Crippen molar-refractivity contribution < 1.29 is 0 Å². The Kier molecular flexibility index (Phi) is 6.07. The number of rotatable bonds is 6. The van der Waals surface area contributed by atoms with Gasteiger partial charge in [-0.15, -0.1) is 0 Å². The van der Waals surface area contributed by atoms with Gasteiger partial charge in [-0.25, -0.2) is 0 Å². The lowest BCUT2D eigenvalue weighted by atomic mass is 10.1. The Morgan fingerprint density at radius 3 is 2.69 bits per heavy atom. The van der Waals surface area contributed by atoms with E-state index in [0.717, 1.165) is 24.3 Å². The van der Waals surface area contributed by atoms with Gasteiger partial charge in [-0.2, -0.15) is 0 Å². The average Bonchev–Trinajstić information content (AvgIpc) is 2.26. The second-order valence-corrected chi connectivity index (χ2v) is 5.26. The van der Waals surface area contributed by atoms with Crippen LogP contribution < -0.4 is 0 Å². The van der Waals surface area contributed by atoms with E-state index in [9.17, 15) is 0 Å². The molecule has 1 aromatic carbocycles. The predicted octanol–water partition coefficient (Wildman–Crippen LogP) is 3.85. The zero-order valence-electron chi connectivity index (χ0n) is 10.5. The van der Waals surface area contributed by atoms with Gasteiger partial charge in [0.05, 0.1) is 0 Å². The molecule has 0 fully saturated rings. The fraction of sp³-hybridized carbons (Fsp3) is 0.571. The summed E-state index contributed by atoms with van der Waals surface area (Å²) in [4.78, 5) is 2.41. The number of hydrogen-bond donors (Lipinski definition) is 0. The molecule has 16 heavy (non-hydrogen) atoms. The fourth-order valence-electron chi connectivity index (χ4n) is 1.91. The summed E-state index contributed by atoms with van der Waals surface area (Å²) in [7, 11) is 2.20. The van der Waals surface area contributed by atoms with Gasteiger partial charge >= 0.3 is 0 Å². The zero-order chi connectivity index (χ0) is 12.0. The molecule has 1 atom stereocenters. The molecule has 2 heteroatoms. The number of aryl methyl sites for hydroxylation is 1. The molecular weight excluding hydrogens is 262 g/mol. The van der Waals surface area contributed by atoms with Crippen molar-refractivity contribution in [3.8, 4) is 0 Å². The van der Waals surface area contributed by atoms with Crippen LogP contribution in [0.4, 0.5) is 0 Å². The molecule has 0 radical (unpaired) electrons. The van der Waals surface area contributed by atoms with Crippen LogP contribution in [0.2, 0.25) is 0 Å². The molecule has 0 saturated heterocycles. The third-order valence-electron chi connectivity index (χ3n) is 2.90. The van der Waals surface area contributed by atoms with Crippen LogP contribution in [0.3, 0.4) is 0 Å². The highest BCUT2D eigenvalue weighted by molar-refractivity contribution is 9.09. The highest BCUT2D eigenvalue weighted by Crippen LogP contribution is 2.11. The molecule has 0 aliphatic rings. The minimum Gasteiger partial charge on any atom is -0.302 e. The Balaban J connectivity index is 2.47. The minimum absolute atomic E-state index is 0.759. The van der Waals surface area contributed by atoms with E-state index in [0.29, 0.717) is 0 Å². The van der Waals surface area contributed by atoms with Gasteiger partial charge in [0.25, 0.3) is 0 Å². The van der Waals surface area contributed by atoms with E-state index in [1.807, 2.05) is 0 Å². The van der Waals surface area contributed by atoms with Crippen molar-refractivity contribution in [2.24, 2.45) is 5.92 Å². The van der Waals surface area contributed by atoms with E-state index in [2.05, 4.69) is 66.0 Å². The van der Waals surface area contributed by atoms with Crippen molar-refractivity contribution in [1.82, 2.24) is 4.90 Å². The highest BCUT2D eigenvalue weighted by Gasteiger charge is 2.08. The first kappa shape index (κ1) is 13.7. The van der Waals surface area contributed by atoms with Gasteiger partial charge in [0.1, 0.15) is 0 Å². The van der Waals surface area contributed by atoms with Gasteiger partial charge in [-0.05, 0) is 25.5 Å². The Bertz CT molecular complexity index is 307. The summed E-state index contributed by atoms with van der Waals surface area (Å²) in [5.41, 5.74) is 2.75. The van der Waals surface area contributed by atoms with Crippen LogP contribution in [-0.4, -0.2) is 23.8 Å². The lowest BCUT2D eigenvalue weighted by molar-refractivity contribution is 0.278. The minimum atomic E-state index is 0.759. The Hall–Kier alpha value is -0.340. The van der Waals surface area contributed by atoms with Crippen LogP contribution >= 0.6 is 15.9 Å². The first-order valence-electron chi connectivity index (χ1n) is 5.95. The summed E-state index contributed by atoms with van der Waals surface area (Å²) in [5.74, 6) is 0.759. The first-order valence-corrected chi connectivity index (χ1v) is 7.08. The van der Waals surface area contributed by atoms with Gasteiger partial charge in [0, 0.05) is 18.4 Å². The van der Waals surface area contributed by atoms with Gasteiger partial charge in [0.15, 0.2) is 0 Å². The molecule has 0 aliphatic heterocycles. The van der Waals surface area contributed by atoms with Crippen molar-refractivity contribution in [3.05, 3.63) is 35.4 Å². The fourth-order valence-corrected chi connectivity index (χ4v) is 2.58. The second-order valence-electron chi connectivity index (χ2n) is 4.61. The topological polar surface area (TPSA) is 3.24 Å². The highest BCUT2D eigenvalue weighted by atomic mass is 79.9. The molecule has 0 aromatic heterocycles. The molecule has 0 N–H and O–H groups in total. The van der Waals surface area contributed by atoms with E-state index in [4.69, 9.17) is 0 Å². The number of benzene rings is 1. The molecule has 90 valence electrons. The summed E-state index contributed by atoms with van der Waals surface area (Å²) in [5, 5.41) is 1.10. The van der Waals surface area contributed by atoms with Crippen molar-refractivity contribution >= 4 is 15.9 Å². The molecule has 0 spiro atoms. The SMILES string of the molecule is CCC(CBr)CN(C)Cc1cccc(C)c1. The third-order valence-corrected chi connectivity index (χ3v) is 3.82. The normalized spacial score (nSPS) is 13.1. The second kappa shape index (κ2) is 7.08. The summed E-state index contributed by atoms with van der Waals surface area (Å²) in [6.07, 6.45) is 1.24. The standard InChI is InChI=1S/C14H22BrN/c1-4-13(9-15)10-16(3)11-14-7-5-6-12(2)8-14/h5-8,13H,4,9-11H2,1-3H3. The Morgan fingerprint density at radius 2 is 2.12 bits per heavy atom. The van der Waals surface area contributed by atoms with E-state index < -0.39 is 0 Å². The molecule has 1 nitrogen and oxygen atoms in total. The smallest absolute Gasteiger partial charge is 0.0230 e. The number of hydrogen-bond acceptors (Lipinski definition) is 1. The number of halogens is 1. The predicted molar refractivity (Wildman–Crippen MR) is 75.1 cm³/mol. The first-order chi connectivity index (χ1) is 7.65. The summed E-state index contributed by atoms with van der Waals surface area (Å²) >= 11 is 3.57. The van der Waals surface area contributed by atoms with E-state index in [1.165, 1.54) is 17.5 Å². The molecule has 1 aromatic rings. The third kappa shape index (κ3) is 4.67. The van der Waals surface area contributed by atoms with Crippen molar-refractivity contribution in [2.75, 3.05) is 18.9 Å². The van der Waals surface area contributed by atoms with E-state index in [-0.39, 0.29) is 0 Å². The quantitative estimate of drug-likeness (QED) is 0.717. The summed E-state index contributed by atoms with van der Waals surface area (Å²) < 4.78 is 0. The molecule has 0 heterocycles. The summed E-state index contributed by atoms with van der Waals surface area (Å²) in [6.45, 7) is 6.62. The van der Waals surface area contributed by atoms with Crippen molar-refractivity contribution in [3.63, 3.8) is 0 Å². The van der Waals surface area contributed by atoms with Gasteiger partial charge < -0.3 is 4.90 Å². The lowest BCUT2D eigenvalue weighted by Crippen LogP contribution is -2.25. The van der Waals surface area contributed by atoms with Crippen molar-refractivity contribution in [2.45, 2.75) is 26.8 Å². The van der Waals surface area contributed by atoms with Crippen LogP contribution in [0, 0.1) is 12.8 Å². The van der Waals surface area contributed by atoms with Gasteiger partial charge in [0.2, 0.25) is 0 Å². The molecule has 0 aliphatic carbocycles. The number of nitrogens with zero attached hydrogens (tertiary/aromatic N) is 1. The van der Waals surface area contributed by atoms with Crippen LogP contribution in [0.15, 0.2) is 24.3 Å². The van der Waals surface area contributed by atoms with Gasteiger partial charge in [-0.1, -0.05) is 59.1 Å². The van der Waals surface area contributed by atoms with Gasteiger partial charge in [-0.3, -0.25) is 0 Å². The maximum Gasteiger partial charge on any atom is 0.0230 e. The molecule has 1 rings (SSSR count). The van der Waals surface area contributed by atoms with E-state index in [1.54, 1.807) is 0 Å². The summed E-state index contributed by atoms with van der Waals surface area (Å²) in [6, 6.07) is 8.77. The maximum atomic E-state index is 3.57. The molecular formula is C14H22BrN.